The van der Waals surface area contributed by atoms with Crippen LogP contribution in [0.15, 0.2) is 0 Å². The molecule has 0 aliphatic heterocycles. The summed E-state index contributed by atoms with van der Waals surface area (Å²) in [5.41, 5.74) is 0. The molecule has 0 aromatic heterocycles. The number of hydrogen-bond donors (Lipinski definition) is 0. The van der Waals surface area contributed by atoms with Crippen molar-refractivity contribution in [3.05, 3.63) is 0 Å². The fourth-order valence-corrected chi connectivity index (χ4v) is 2.96. The molecule has 2 rings (SSSR count). The Morgan fingerprint density at radius 3 is 2.44 bits per heavy atom. The number of amides is 1. The number of ether oxygens (including phenoxy) is 1. The molecule has 2 saturated carbocycles. The minimum Gasteiger partial charge on any atom is -0.468 e. The summed E-state index contributed by atoms with van der Waals surface area (Å²) in [6, 6.07) is 0. The van der Waals surface area contributed by atoms with Crippen LogP contribution in [0.2, 0.25) is 0 Å². The van der Waals surface area contributed by atoms with Crippen molar-refractivity contribution in [2.24, 2.45) is 17.8 Å². The molecule has 0 N–H and O–H groups in total. The lowest BCUT2D eigenvalue weighted by molar-refractivity contribution is -0.147. The summed E-state index contributed by atoms with van der Waals surface area (Å²) in [6.45, 7) is 2.59. The molecule has 0 radical (unpaired) electrons. The number of rotatable bonds is 4. The Balaban J connectivity index is 1.89. The molecule has 2 aliphatic rings. The molecule has 90 valence electrons. The molecule has 4 nitrogen and oxygen atoms in total. The molecule has 2 atom stereocenters. The largest absolute Gasteiger partial charge is 0.468 e. The van der Waals surface area contributed by atoms with E-state index in [-0.39, 0.29) is 24.3 Å². The van der Waals surface area contributed by atoms with E-state index in [4.69, 9.17) is 0 Å². The topological polar surface area (TPSA) is 46.6 Å². The lowest BCUT2D eigenvalue weighted by Crippen LogP contribution is -2.37. The summed E-state index contributed by atoms with van der Waals surface area (Å²) in [7, 11) is 1.35. The van der Waals surface area contributed by atoms with E-state index >= 15 is 0 Å². The zero-order valence-corrected chi connectivity index (χ0v) is 9.94. The third kappa shape index (κ3) is 1.93. The molecular weight excluding hydrogens is 206 g/mol. The zero-order chi connectivity index (χ0) is 11.7. The Morgan fingerprint density at radius 2 is 1.94 bits per heavy atom. The van der Waals surface area contributed by atoms with Crippen LogP contribution in [-0.2, 0) is 14.3 Å². The van der Waals surface area contributed by atoms with Crippen molar-refractivity contribution in [1.29, 1.82) is 0 Å². The van der Waals surface area contributed by atoms with Crippen LogP contribution < -0.4 is 0 Å². The maximum absolute atomic E-state index is 12.1. The van der Waals surface area contributed by atoms with Gasteiger partial charge in [0, 0.05) is 12.5 Å². The summed E-state index contributed by atoms with van der Waals surface area (Å²) in [5, 5.41) is 0. The standard InChI is InChI=1S/C12H19NO3/c1-3-13(7-10(14)16-2)12(15)11-8-5-4-6-9(8)11/h8-9,11H,3-7H2,1-2H3. The highest BCUT2D eigenvalue weighted by atomic mass is 16.5. The summed E-state index contributed by atoms with van der Waals surface area (Å²) in [6.07, 6.45) is 3.65. The van der Waals surface area contributed by atoms with Crippen molar-refractivity contribution in [2.75, 3.05) is 20.2 Å². The highest BCUT2D eigenvalue weighted by Crippen LogP contribution is 2.58. The number of hydrogen-bond acceptors (Lipinski definition) is 3. The fraction of sp³-hybridized carbons (Fsp3) is 0.833. The molecule has 16 heavy (non-hydrogen) atoms. The summed E-state index contributed by atoms with van der Waals surface area (Å²) < 4.78 is 4.59. The van der Waals surface area contributed by atoms with Crippen molar-refractivity contribution in [3.8, 4) is 0 Å². The van der Waals surface area contributed by atoms with Crippen LogP contribution in [0.1, 0.15) is 26.2 Å². The molecule has 0 heterocycles. The van der Waals surface area contributed by atoms with E-state index in [1.807, 2.05) is 6.92 Å². The molecule has 0 bridgehead atoms. The monoisotopic (exact) mass is 225 g/mol. The van der Waals surface area contributed by atoms with Crippen molar-refractivity contribution in [1.82, 2.24) is 4.90 Å². The Kier molecular flexibility index (Phi) is 3.17. The van der Waals surface area contributed by atoms with E-state index in [1.165, 1.54) is 26.4 Å². The zero-order valence-electron chi connectivity index (χ0n) is 9.94. The van der Waals surface area contributed by atoms with Gasteiger partial charge in [-0.3, -0.25) is 9.59 Å². The highest BCUT2D eigenvalue weighted by Gasteiger charge is 2.57. The van der Waals surface area contributed by atoms with Gasteiger partial charge in [0.15, 0.2) is 0 Å². The SMILES string of the molecule is CCN(CC(=O)OC)C(=O)C1C2CCCC21. The second-order valence-corrected chi connectivity index (χ2v) is 4.71. The minimum atomic E-state index is -0.332. The molecule has 0 spiro atoms. The Morgan fingerprint density at radius 1 is 1.31 bits per heavy atom. The third-order valence-electron chi connectivity index (χ3n) is 3.93. The molecule has 0 saturated heterocycles. The lowest BCUT2D eigenvalue weighted by Gasteiger charge is -2.20. The molecule has 0 aromatic carbocycles. The maximum atomic E-state index is 12.1. The Hall–Kier alpha value is -1.06. The van der Waals surface area contributed by atoms with Crippen LogP contribution in [0.5, 0.6) is 0 Å². The molecule has 1 amide bonds. The Bertz CT molecular complexity index is 293. The van der Waals surface area contributed by atoms with E-state index < -0.39 is 0 Å². The second-order valence-electron chi connectivity index (χ2n) is 4.71. The molecule has 2 aliphatic carbocycles. The van der Waals surface area contributed by atoms with E-state index in [2.05, 4.69) is 4.74 Å². The molecule has 4 heteroatoms. The van der Waals surface area contributed by atoms with Crippen LogP contribution in [0.25, 0.3) is 0 Å². The first-order valence-corrected chi connectivity index (χ1v) is 6.04. The Labute approximate surface area is 95.9 Å². The highest BCUT2D eigenvalue weighted by molar-refractivity contribution is 5.86. The minimum absolute atomic E-state index is 0.0990. The molecule has 0 aromatic rings. The van der Waals surface area contributed by atoms with Gasteiger partial charge in [-0.25, -0.2) is 0 Å². The number of likely N-dealkylation sites (N-methyl/N-ethyl adjacent to an activating group) is 1. The first-order chi connectivity index (χ1) is 7.69. The number of methoxy groups -OCH3 is 1. The second kappa shape index (κ2) is 4.44. The first kappa shape index (κ1) is 11.4. The summed E-state index contributed by atoms with van der Waals surface area (Å²) in [5.74, 6) is 1.25. The number of carbonyl (C=O) groups is 2. The average molecular weight is 225 g/mol. The smallest absolute Gasteiger partial charge is 0.325 e. The van der Waals surface area contributed by atoms with Gasteiger partial charge >= 0.3 is 5.97 Å². The number of carbonyl (C=O) groups excluding carboxylic acids is 2. The van der Waals surface area contributed by atoms with Crippen LogP contribution in [-0.4, -0.2) is 37.0 Å². The van der Waals surface area contributed by atoms with Crippen molar-refractivity contribution in [3.63, 3.8) is 0 Å². The van der Waals surface area contributed by atoms with Gasteiger partial charge in [-0.05, 0) is 31.6 Å². The van der Waals surface area contributed by atoms with Gasteiger partial charge < -0.3 is 9.64 Å². The van der Waals surface area contributed by atoms with Gasteiger partial charge in [0.1, 0.15) is 6.54 Å². The first-order valence-electron chi connectivity index (χ1n) is 6.04. The van der Waals surface area contributed by atoms with Crippen molar-refractivity contribution >= 4 is 11.9 Å². The number of fused-ring (bicyclic) bond motifs is 1. The molecule has 2 unspecified atom stereocenters. The van der Waals surface area contributed by atoms with E-state index in [0.717, 1.165) is 0 Å². The fourth-order valence-electron chi connectivity index (χ4n) is 2.96. The van der Waals surface area contributed by atoms with E-state index in [1.54, 1.807) is 4.90 Å². The quantitative estimate of drug-likeness (QED) is 0.672. The lowest BCUT2D eigenvalue weighted by atomic mass is 10.1. The van der Waals surface area contributed by atoms with Gasteiger partial charge in [-0.15, -0.1) is 0 Å². The van der Waals surface area contributed by atoms with Gasteiger partial charge in [0.05, 0.1) is 7.11 Å². The van der Waals surface area contributed by atoms with Gasteiger partial charge in [0.2, 0.25) is 5.91 Å². The molecular formula is C12H19NO3. The van der Waals surface area contributed by atoms with Crippen LogP contribution >= 0.6 is 0 Å². The normalized spacial score (nSPS) is 30.8. The number of nitrogens with zero attached hydrogens (tertiary/aromatic N) is 1. The van der Waals surface area contributed by atoms with Crippen molar-refractivity contribution in [2.45, 2.75) is 26.2 Å². The van der Waals surface area contributed by atoms with Gasteiger partial charge in [0.25, 0.3) is 0 Å². The van der Waals surface area contributed by atoms with E-state index in [0.29, 0.717) is 18.4 Å². The third-order valence-corrected chi connectivity index (χ3v) is 3.93. The van der Waals surface area contributed by atoms with Crippen LogP contribution in [0.4, 0.5) is 0 Å². The van der Waals surface area contributed by atoms with Gasteiger partial charge in [-0.1, -0.05) is 6.42 Å². The van der Waals surface area contributed by atoms with E-state index in [9.17, 15) is 9.59 Å². The van der Waals surface area contributed by atoms with Crippen LogP contribution in [0.3, 0.4) is 0 Å². The summed E-state index contributed by atoms with van der Waals surface area (Å²) >= 11 is 0. The van der Waals surface area contributed by atoms with Crippen LogP contribution in [0, 0.1) is 17.8 Å². The number of esters is 1. The maximum Gasteiger partial charge on any atom is 0.325 e. The predicted molar refractivity (Wildman–Crippen MR) is 58.6 cm³/mol. The predicted octanol–water partition coefficient (Wildman–Crippen LogP) is 1.05. The van der Waals surface area contributed by atoms with Gasteiger partial charge in [-0.2, -0.15) is 0 Å². The summed E-state index contributed by atoms with van der Waals surface area (Å²) in [4.78, 5) is 24.9. The van der Waals surface area contributed by atoms with Crippen molar-refractivity contribution < 1.29 is 14.3 Å². The molecule has 2 fully saturated rings. The average Bonchev–Trinajstić information content (AvgIpc) is 2.78.